The van der Waals surface area contributed by atoms with Gasteiger partial charge in [-0.2, -0.15) is 0 Å². The minimum Gasteiger partial charge on any atom is -0.383 e. The van der Waals surface area contributed by atoms with Crippen LogP contribution in [0.3, 0.4) is 0 Å². The summed E-state index contributed by atoms with van der Waals surface area (Å²) in [4.78, 5) is 11.4. The van der Waals surface area contributed by atoms with Crippen molar-refractivity contribution in [3.05, 3.63) is 0 Å². The maximum Gasteiger partial charge on any atom is 0.221 e. The molecule has 1 amide bonds. The van der Waals surface area contributed by atoms with Crippen LogP contribution in [0.5, 0.6) is 0 Å². The van der Waals surface area contributed by atoms with Crippen molar-refractivity contribution >= 4 is 5.91 Å². The van der Waals surface area contributed by atoms with E-state index in [0.29, 0.717) is 19.6 Å². The zero-order valence-electron chi connectivity index (χ0n) is 11.8. The number of carbonyl (C=O) groups is 1. The van der Waals surface area contributed by atoms with Crippen LogP contribution in [0, 0.1) is 11.8 Å². The Morgan fingerprint density at radius 1 is 1.22 bits per heavy atom. The van der Waals surface area contributed by atoms with Crippen molar-refractivity contribution in [2.75, 3.05) is 33.4 Å². The van der Waals surface area contributed by atoms with Crippen molar-refractivity contribution in [2.45, 2.75) is 39.0 Å². The third kappa shape index (κ3) is 6.97. The summed E-state index contributed by atoms with van der Waals surface area (Å²) in [5.41, 5.74) is 0. The second-order valence-corrected chi connectivity index (χ2v) is 5.42. The molecule has 18 heavy (non-hydrogen) atoms. The normalized spacial score (nSPS) is 23.9. The van der Waals surface area contributed by atoms with Gasteiger partial charge >= 0.3 is 0 Å². The van der Waals surface area contributed by atoms with Crippen molar-refractivity contribution in [2.24, 2.45) is 11.8 Å². The van der Waals surface area contributed by atoms with Crippen molar-refractivity contribution in [3.63, 3.8) is 0 Å². The molecule has 2 N–H and O–H groups in total. The predicted octanol–water partition coefficient (Wildman–Crippen LogP) is 1.55. The van der Waals surface area contributed by atoms with Crippen molar-refractivity contribution in [3.8, 4) is 0 Å². The molecule has 0 aromatic heterocycles. The number of carbonyl (C=O) groups excluding carboxylic acids is 1. The Balaban J connectivity index is 1.93. The Morgan fingerprint density at radius 2 is 1.94 bits per heavy atom. The van der Waals surface area contributed by atoms with E-state index in [9.17, 15) is 4.79 Å². The lowest BCUT2D eigenvalue weighted by atomic mass is 9.83. The molecule has 0 radical (unpaired) electrons. The molecule has 0 unspecified atom stereocenters. The van der Waals surface area contributed by atoms with E-state index < -0.39 is 0 Å². The molecule has 0 bridgehead atoms. The maximum absolute atomic E-state index is 11.4. The summed E-state index contributed by atoms with van der Waals surface area (Å²) in [6, 6.07) is 0. The molecular formula is C14H28N2O2. The monoisotopic (exact) mass is 256 g/mol. The molecule has 1 fully saturated rings. The third-order valence-corrected chi connectivity index (χ3v) is 3.73. The number of methoxy groups -OCH3 is 1. The SMILES string of the molecule is COCCNC(=O)CCNCC1CCC(C)CC1. The summed E-state index contributed by atoms with van der Waals surface area (Å²) in [5.74, 6) is 1.84. The fourth-order valence-electron chi connectivity index (χ4n) is 2.42. The number of nitrogens with one attached hydrogen (secondary N) is 2. The van der Waals surface area contributed by atoms with Crippen molar-refractivity contribution < 1.29 is 9.53 Å². The average molecular weight is 256 g/mol. The summed E-state index contributed by atoms with van der Waals surface area (Å²) in [6.45, 7) is 5.38. The third-order valence-electron chi connectivity index (χ3n) is 3.73. The van der Waals surface area contributed by atoms with Gasteiger partial charge in [-0.05, 0) is 31.2 Å². The van der Waals surface area contributed by atoms with Gasteiger partial charge < -0.3 is 15.4 Å². The van der Waals surface area contributed by atoms with E-state index in [2.05, 4.69) is 17.6 Å². The number of hydrogen-bond donors (Lipinski definition) is 2. The van der Waals surface area contributed by atoms with E-state index in [1.165, 1.54) is 25.7 Å². The zero-order valence-corrected chi connectivity index (χ0v) is 11.8. The van der Waals surface area contributed by atoms with Gasteiger partial charge in [0.15, 0.2) is 0 Å². The van der Waals surface area contributed by atoms with Crippen molar-refractivity contribution in [1.29, 1.82) is 0 Å². The van der Waals surface area contributed by atoms with Gasteiger partial charge in [0.2, 0.25) is 5.91 Å². The van der Waals surface area contributed by atoms with Gasteiger partial charge in [0.05, 0.1) is 6.61 Å². The van der Waals surface area contributed by atoms with E-state index in [1.54, 1.807) is 7.11 Å². The number of amides is 1. The fraction of sp³-hybridized carbons (Fsp3) is 0.929. The molecule has 4 nitrogen and oxygen atoms in total. The Hall–Kier alpha value is -0.610. The Bertz CT molecular complexity index is 226. The molecule has 1 saturated carbocycles. The first-order valence-corrected chi connectivity index (χ1v) is 7.18. The Kier molecular flexibility index (Phi) is 8.01. The van der Waals surface area contributed by atoms with Crippen LogP contribution in [-0.4, -0.2) is 39.3 Å². The second-order valence-electron chi connectivity index (χ2n) is 5.42. The summed E-state index contributed by atoms with van der Waals surface area (Å²) in [7, 11) is 1.64. The van der Waals surface area contributed by atoms with Crippen LogP contribution in [0.1, 0.15) is 39.0 Å². The van der Waals surface area contributed by atoms with Gasteiger partial charge in [-0.25, -0.2) is 0 Å². The van der Waals surface area contributed by atoms with E-state index in [1.807, 2.05) is 0 Å². The molecule has 4 heteroatoms. The first kappa shape index (κ1) is 15.4. The molecule has 0 saturated heterocycles. The molecule has 0 aromatic rings. The standard InChI is InChI=1S/C14H28N2O2/c1-12-3-5-13(6-4-12)11-15-8-7-14(17)16-9-10-18-2/h12-13,15H,3-11H2,1-2H3,(H,16,17). The largest absolute Gasteiger partial charge is 0.383 e. The van der Waals surface area contributed by atoms with Gasteiger partial charge in [0.25, 0.3) is 0 Å². The summed E-state index contributed by atoms with van der Waals surface area (Å²) >= 11 is 0. The molecule has 106 valence electrons. The second kappa shape index (κ2) is 9.34. The van der Waals surface area contributed by atoms with Crippen LogP contribution in [-0.2, 0) is 9.53 Å². The lowest BCUT2D eigenvalue weighted by molar-refractivity contribution is -0.121. The highest BCUT2D eigenvalue weighted by Crippen LogP contribution is 2.27. The molecule has 0 heterocycles. The first-order valence-electron chi connectivity index (χ1n) is 7.18. The molecule has 1 aliphatic rings. The quantitative estimate of drug-likeness (QED) is 0.648. The van der Waals surface area contributed by atoms with Crippen LogP contribution in [0.4, 0.5) is 0 Å². The number of rotatable bonds is 8. The molecule has 0 aromatic carbocycles. The highest BCUT2D eigenvalue weighted by Gasteiger charge is 2.17. The minimum absolute atomic E-state index is 0.108. The molecule has 1 rings (SSSR count). The van der Waals surface area contributed by atoms with E-state index in [4.69, 9.17) is 4.74 Å². The summed E-state index contributed by atoms with van der Waals surface area (Å²) in [6.07, 6.45) is 5.98. The Morgan fingerprint density at radius 3 is 2.61 bits per heavy atom. The lowest BCUT2D eigenvalue weighted by Gasteiger charge is -2.26. The van der Waals surface area contributed by atoms with Gasteiger partial charge in [-0.1, -0.05) is 19.8 Å². The van der Waals surface area contributed by atoms with Crippen molar-refractivity contribution in [1.82, 2.24) is 10.6 Å². The lowest BCUT2D eigenvalue weighted by Crippen LogP contribution is -2.32. The number of ether oxygens (including phenoxy) is 1. The zero-order chi connectivity index (χ0) is 13.2. The number of hydrogen-bond acceptors (Lipinski definition) is 3. The Labute approximate surface area is 111 Å². The summed E-state index contributed by atoms with van der Waals surface area (Å²) < 4.78 is 4.88. The maximum atomic E-state index is 11.4. The minimum atomic E-state index is 0.108. The average Bonchev–Trinajstić information content (AvgIpc) is 2.37. The summed E-state index contributed by atoms with van der Waals surface area (Å²) in [5, 5.41) is 6.22. The van der Waals surface area contributed by atoms with E-state index in [0.717, 1.165) is 24.9 Å². The molecule has 0 aliphatic heterocycles. The molecular weight excluding hydrogens is 228 g/mol. The van der Waals surface area contributed by atoms with Gasteiger partial charge in [0, 0.05) is 26.6 Å². The van der Waals surface area contributed by atoms with Crippen LogP contribution in [0.25, 0.3) is 0 Å². The van der Waals surface area contributed by atoms with Gasteiger partial charge in [-0.3, -0.25) is 4.79 Å². The molecule has 0 atom stereocenters. The molecule has 0 spiro atoms. The topological polar surface area (TPSA) is 50.4 Å². The first-order chi connectivity index (χ1) is 8.72. The highest BCUT2D eigenvalue weighted by molar-refractivity contribution is 5.75. The van der Waals surface area contributed by atoms with Gasteiger partial charge in [-0.15, -0.1) is 0 Å². The van der Waals surface area contributed by atoms with Crippen LogP contribution in [0.2, 0.25) is 0 Å². The van der Waals surface area contributed by atoms with E-state index >= 15 is 0 Å². The van der Waals surface area contributed by atoms with Crippen LogP contribution < -0.4 is 10.6 Å². The van der Waals surface area contributed by atoms with Crippen LogP contribution in [0.15, 0.2) is 0 Å². The fourth-order valence-corrected chi connectivity index (χ4v) is 2.42. The highest BCUT2D eigenvalue weighted by atomic mass is 16.5. The molecule has 1 aliphatic carbocycles. The smallest absolute Gasteiger partial charge is 0.221 e. The van der Waals surface area contributed by atoms with E-state index in [-0.39, 0.29) is 5.91 Å². The van der Waals surface area contributed by atoms with Gasteiger partial charge in [0.1, 0.15) is 0 Å². The van der Waals surface area contributed by atoms with Crippen LogP contribution >= 0.6 is 0 Å². The predicted molar refractivity (Wildman–Crippen MR) is 73.5 cm³/mol.